The first-order valence-corrected chi connectivity index (χ1v) is 12.2. The Labute approximate surface area is 193 Å². The summed E-state index contributed by atoms with van der Waals surface area (Å²) in [7, 11) is 0. The molecule has 2 aliphatic rings. The molecule has 1 aromatic heterocycles. The first-order valence-electron chi connectivity index (χ1n) is 11.4. The smallest absolute Gasteiger partial charge is 0.341 e. The Morgan fingerprint density at radius 1 is 1.06 bits per heavy atom. The average molecular weight is 458 g/mol. The topological polar surface area (TPSA) is 71.1 Å². The van der Waals surface area contributed by atoms with Gasteiger partial charge in [-0.25, -0.2) is 4.79 Å². The number of hydrogen-bond acceptors (Lipinski definition) is 7. The van der Waals surface area contributed by atoms with Gasteiger partial charge in [-0.05, 0) is 50.8 Å². The number of rotatable bonds is 8. The largest absolute Gasteiger partial charge is 0.492 e. The number of para-hydroxylation sites is 2. The summed E-state index contributed by atoms with van der Waals surface area (Å²) in [4.78, 5) is 31.0. The molecular formula is C24H31N3O4S. The number of hydrogen-bond donors (Lipinski definition) is 1. The summed E-state index contributed by atoms with van der Waals surface area (Å²) in [5.41, 5.74) is 2.73. The van der Waals surface area contributed by atoms with Crippen LogP contribution in [0.25, 0.3) is 0 Å². The standard InChI is InChI=1S/C24H31N3O4S/c1-3-30-19-10-6-5-9-18(19)27-14-12-26(13-15-27)16-21(28)25-23-22(24(29)31-4-2)17-8-7-11-20(17)32-23/h5-6,9-10H,3-4,7-8,11-16H2,1-2H3,(H,25,28). The Hall–Kier alpha value is -2.58. The minimum atomic E-state index is -0.330. The second-order valence-corrected chi connectivity index (χ2v) is 9.10. The SMILES string of the molecule is CCOC(=O)c1c(NC(=O)CN2CCN(c3ccccc3OCC)CC2)sc2c1CCC2. The van der Waals surface area contributed by atoms with E-state index in [0.717, 1.165) is 62.4 Å². The molecule has 0 atom stereocenters. The molecule has 172 valence electrons. The van der Waals surface area contributed by atoms with Gasteiger partial charge in [-0.2, -0.15) is 0 Å². The summed E-state index contributed by atoms with van der Waals surface area (Å²) >= 11 is 1.52. The highest BCUT2D eigenvalue weighted by atomic mass is 32.1. The summed E-state index contributed by atoms with van der Waals surface area (Å²) < 4.78 is 11.0. The Balaban J connectivity index is 1.35. The van der Waals surface area contributed by atoms with Crippen LogP contribution in [-0.4, -0.2) is 62.7 Å². The zero-order valence-corrected chi connectivity index (χ0v) is 19.6. The summed E-state index contributed by atoms with van der Waals surface area (Å²) in [6.07, 6.45) is 2.90. The van der Waals surface area contributed by atoms with E-state index in [2.05, 4.69) is 21.2 Å². The number of piperazine rings is 1. The summed E-state index contributed by atoms with van der Waals surface area (Å²) in [6, 6.07) is 8.09. The van der Waals surface area contributed by atoms with Gasteiger partial charge < -0.3 is 19.7 Å². The lowest BCUT2D eigenvalue weighted by Gasteiger charge is -2.36. The number of carbonyl (C=O) groups is 2. The third kappa shape index (κ3) is 4.91. The lowest BCUT2D eigenvalue weighted by Crippen LogP contribution is -2.48. The molecule has 7 nitrogen and oxygen atoms in total. The van der Waals surface area contributed by atoms with Gasteiger partial charge in [0.25, 0.3) is 0 Å². The minimum absolute atomic E-state index is 0.0846. The van der Waals surface area contributed by atoms with E-state index in [1.165, 1.54) is 16.2 Å². The molecule has 2 heterocycles. The molecule has 1 aliphatic carbocycles. The quantitative estimate of drug-likeness (QED) is 0.611. The van der Waals surface area contributed by atoms with Crippen LogP contribution in [0.5, 0.6) is 5.75 Å². The molecule has 2 aromatic rings. The molecule has 1 aliphatic heterocycles. The van der Waals surface area contributed by atoms with Gasteiger partial charge in [-0.1, -0.05) is 12.1 Å². The van der Waals surface area contributed by atoms with E-state index in [9.17, 15) is 9.59 Å². The normalized spacial score (nSPS) is 16.0. The second-order valence-electron chi connectivity index (χ2n) is 7.99. The number of fused-ring (bicyclic) bond motifs is 1. The van der Waals surface area contributed by atoms with Gasteiger partial charge in [-0.3, -0.25) is 9.69 Å². The predicted octanol–water partition coefficient (Wildman–Crippen LogP) is 3.57. The molecule has 1 N–H and O–H groups in total. The first kappa shape index (κ1) is 22.6. The number of ether oxygens (including phenoxy) is 2. The fourth-order valence-corrected chi connectivity index (χ4v) is 5.72. The Kier molecular flexibility index (Phi) is 7.32. The first-order chi connectivity index (χ1) is 15.6. The lowest BCUT2D eigenvalue weighted by molar-refractivity contribution is -0.117. The number of thiophene rings is 1. The van der Waals surface area contributed by atoms with Crippen molar-refractivity contribution in [2.24, 2.45) is 0 Å². The summed E-state index contributed by atoms with van der Waals surface area (Å²) in [6.45, 7) is 8.31. The Morgan fingerprint density at radius 3 is 2.59 bits per heavy atom. The van der Waals surface area contributed by atoms with E-state index in [-0.39, 0.29) is 11.9 Å². The van der Waals surface area contributed by atoms with E-state index < -0.39 is 0 Å². The van der Waals surface area contributed by atoms with Crippen LogP contribution < -0.4 is 15.0 Å². The molecule has 1 fully saturated rings. The van der Waals surface area contributed by atoms with E-state index >= 15 is 0 Å². The maximum Gasteiger partial charge on any atom is 0.341 e. The molecule has 0 unspecified atom stereocenters. The number of amides is 1. The highest BCUT2D eigenvalue weighted by Crippen LogP contribution is 2.39. The number of esters is 1. The van der Waals surface area contributed by atoms with Crippen molar-refractivity contribution in [2.45, 2.75) is 33.1 Å². The minimum Gasteiger partial charge on any atom is -0.492 e. The molecule has 1 saturated heterocycles. The lowest BCUT2D eigenvalue weighted by atomic mass is 10.1. The number of carbonyl (C=O) groups excluding carboxylic acids is 2. The van der Waals surface area contributed by atoms with Crippen LogP contribution in [0.3, 0.4) is 0 Å². The zero-order chi connectivity index (χ0) is 22.5. The number of aryl methyl sites for hydroxylation is 1. The molecule has 1 amide bonds. The predicted molar refractivity (Wildman–Crippen MR) is 127 cm³/mol. The maximum atomic E-state index is 12.8. The maximum absolute atomic E-state index is 12.8. The van der Waals surface area contributed by atoms with Crippen LogP contribution in [0.1, 0.15) is 41.1 Å². The molecule has 1 aromatic carbocycles. The van der Waals surface area contributed by atoms with E-state index in [0.29, 0.717) is 30.3 Å². The van der Waals surface area contributed by atoms with Gasteiger partial charge in [0.2, 0.25) is 5.91 Å². The second kappa shape index (κ2) is 10.4. The van der Waals surface area contributed by atoms with Crippen LogP contribution in [0.2, 0.25) is 0 Å². The van der Waals surface area contributed by atoms with Crippen molar-refractivity contribution in [3.05, 3.63) is 40.3 Å². The van der Waals surface area contributed by atoms with Crippen LogP contribution in [0, 0.1) is 0 Å². The molecule has 0 spiro atoms. The molecule has 0 bridgehead atoms. The van der Waals surface area contributed by atoms with Gasteiger partial charge in [0.05, 0.1) is 31.0 Å². The summed E-state index contributed by atoms with van der Waals surface area (Å²) in [5.74, 6) is 0.487. The molecular weight excluding hydrogens is 426 g/mol. The van der Waals surface area contributed by atoms with Crippen LogP contribution in [0.15, 0.2) is 24.3 Å². The van der Waals surface area contributed by atoms with Crippen molar-refractivity contribution in [1.29, 1.82) is 0 Å². The number of anilines is 2. The van der Waals surface area contributed by atoms with Crippen molar-refractivity contribution in [1.82, 2.24) is 4.90 Å². The van der Waals surface area contributed by atoms with Crippen molar-refractivity contribution in [2.75, 3.05) is 56.2 Å². The van der Waals surface area contributed by atoms with Gasteiger partial charge in [0.15, 0.2) is 0 Å². The van der Waals surface area contributed by atoms with E-state index in [1.54, 1.807) is 6.92 Å². The van der Waals surface area contributed by atoms with E-state index in [4.69, 9.17) is 9.47 Å². The highest BCUT2D eigenvalue weighted by molar-refractivity contribution is 7.17. The molecule has 4 rings (SSSR count). The third-order valence-electron chi connectivity index (χ3n) is 5.90. The van der Waals surface area contributed by atoms with Crippen molar-refractivity contribution < 1.29 is 19.1 Å². The van der Waals surface area contributed by atoms with Gasteiger partial charge in [0.1, 0.15) is 10.8 Å². The summed E-state index contributed by atoms with van der Waals surface area (Å²) in [5, 5.41) is 3.64. The monoisotopic (exact) mass is 457 g/mol. The third-order valence-corrected chi connectivity index (χ3v) is 7.11. The van der Waals surface area contributed by atoms with Crippen molar-refractivity contribution in [3.8, 4) is 5.75 Å². The Morgan fingerprint density at radius 2 is 1.84 bits per heavy atom. The average Bonchev–Trinajstić information content (AvgIpc) is 3.36. The molecule has 0 saturated carbocycles. The fourth-order valence-electron chi connectivity index (χ4n) is 4.42. The van der Waals surface area contributed by atoms with Crippen molar-refractivity contribution in [3.63, 3.8) is 0 Å². The fraction of sp³-hybridized carbons (Fsp3) is 0.500. The van der Waals surface area contributed by atoms with Crippen LogP contribution in [-0.2, 0) is 22.4 Å². The van der Waals surface area contributed by atoms with Crippen LogP contribution >= 0.6 is 11.3 Å². The van der Waals surface area contributed by atoms with Gasteiger partial charge >= 0.3 is 5.97 Å². The number of nitrogens with one attached hydrogen (secondary N) is 1. The zero-order valence-electron chi connectivity index (χ0n) is 18.8. The number of nitrogens with zero attached hydrogens (tertiary/aromatic N) is 2. The van der Waals surface area contributed by atoms with E-state index in [1.807, 2.05) is 25.1 Å². The molecule has 0 radical (unpaired) electrons. The number of benzene rings is 1. The van der Waals surface area contributed by atoms with Gasteiger partial charge in [0, 0.05) is 31.1 Å². The highest BCUT2D eigenvalue weighted by Gasteiger charge is 2.29. The van der Waals surface area contributed by atoms with Gasteiger partial charge in [-0.15, -0.1) is 11.3 Å². The molecule has 8 heteroatoms. The Bertz CT molecular complexity index is 966. The van der Waals surface area contributed by atoms with Crippen LogP contribution in [0.4, 0.5) is 10.7 Å². The molecule has 32 heavy (non-hydrogen) atoms. The van der Waals surface area contributed by atoms with Crippen molar-refractivity contribution >= 4 is 33.9 Å².